The molecule has 2 aromatic carbocycles. The van der Waals surface area contributed by atoms with E-state index in [1.807, 2.05) is 18.2 Å². The Bertz CT molecular complexity index is 866. The van der Waals surface area contributed by atoms with Crippen LogP contribution in [0.25, 0.3) is 6.08 Å². The molecule has 2 nitrogen and oxygen atoms in total. The van der Waals surface area contributed by atoms with E-state index in [4.69, 9.17) is 4.74 Å². The number of rotatable bonds is 3. The van der Waals surface area contributed by atoms with Crippen molar-refractivity contribution in [2.75, 3.05) is 14.2 Å². The van der Waals surface area contributed by atoms with Crippen LogP contribution in [0.4, 0.5) is 23.0 Å². The van der Waals surface area contributed by atoms with E-state index in [-0.39, 0.29) is 5.41 Å². The quantitative estimate of drug-likeness (QED) is 0.378. The van der Waals surface area contributed by atoms with Crippen LogP contribution in [0.15, 0.2) is 54.6 Å². The first kappa shape index (κ1) is 20.7. The fraction of sp³-hybridized carbons (Fsp3) is 0.250. The predicted octanol–water partition coefficient (Wildman–Crippen LogP) is 5.71. The number of halogens is 4. The Morgan fingerprint density at radius 2 is 1.48 bits per heavy atom. The Hall–Kier alpha value is -2.57. The average Bonchev–Trinajstić information content (AvgIpc) is 2.79. The van der Waals surface area contributed by atoms with Crippen LogP contribution < -0.4 is 4.74 Å². The highest BCUT2D eigenvalue weighted by Gasteiger charge is 2.42. The first-order chi connectivity index (χ1) is 12.6. The van der Waals surface area contributed by atoms with Crippen molar-refractivity contribution < 1.29 is 26.6 Å². The van der Waals surface area contributed by atoms with E-state index in [2.05, 4.69) is 68.0 Å². The number of methoxy groups -OCH3 is 1. The van der Waals surface area contributed by atoms with Crippen molar-refractivity contribution in [3.05, 3.63) is 65.7 Å². The first-order valence-corrected chi connectivity index (χ1v) is 8.45. The summed E-state index contributed by atoms with van der Waals surface area (Å²) in [6.45, 7) is 4.55. The number of allylic oxidation sites excluding steroid dienone is 1. The third-order valence-corrected chi connectivity index (χ3v) is 4.50. The third kappa shape index (κ3) is 4.99. The summed E-state index contributed by atoms with van der Waals surface area (Å²) in [6, 6.07) is 16.7. The Kier molecular flexibility index (Phi) is 6.13. The van der Waals surface area contributed by atoms with Gasteiger partial charge in [-0.3, -0.25) is 0 Å². The van der Waals surface area contributed by atoms with E-state index in [1.165, 1.54) is 17.0 Å². The number of para-hydroxylation sites is 2. The molecule has 7 heteroatoms. The molecule has 1 aliphatic heterocycles. The van der Waals surface area contributed by atoms with E-state index < -0.39 is 7.25 Å². The summed E-state index contributed by atoms with van der Waals surface area (Å²) >= 11 is 0. The molecule has 27 heavy (non-hydrogen) atoms. The van der Waals surface area contributed by atoms with Gasteiger partial charge in [0.15, 0.2) is 5.71 Å². The van der Waals surface area contributed by atoms with Crippen LogP contribution in [0.5, 0.6) is 5.75 Å². The first-order valence-electron chi connectivity index (χ1n) is 8.45. The standard InChI is InChI=1S/C20H22NO.BF4/c1-20(2)16-10-6-7-11-17(16)21(3)19(20)14-13-15-9-5-8-12-18(15)22-4;2-1(3,4)5/h5-14H,1-4H3;/q+1;-1/b14-13+;. The van der Waals surface area contributed by atoms with Gasteiger partial charge in [-0.15, -0.1) is 0 Å². The highest BCUT2D eigenvalue weighted by Crippen LogP contribution is 2.39. The fourth-order valence-electron chi connectivity index (χ4n) is 3.27. The molecule has 0 spiro atoms. The van der Waals surface area contributed by atoms with Gasteiger partial charge in [-0.2, -0.15) is 4.58 Å². The molecular formula is C20H22BF4NO. The molecule has 0 fully saturated rings. The van der Waals surface area contributed by atoms with Crippen molar-refractivity contribution in [1.29, 1.82) is 0 Å². The number of hydrogen-bond acceptors (Lipinski definition) is 1. The fourth-order valence-corrected chi connectivity index (χ4v) is 3.27. The van der Waals surface area contributed by atoms with Crippen LogP contribution in [0.3, 0.4) is 0 Å². The average molecular weight is 379 g/mol. The topological polar surface area (TPSA) is 12.2 Å². The lowest BCUT2D eigenvalue weighted by Crippen LogP contribution is -2.26. The number of nitrogens with zero attached hydrogens (tertiary/aromatic N) is 1. The van der Waals surface area contributed by atoms with Crippen molar-refractivity contribution in [2.45, 2.75) is 19.3 Å². The molecule has 0 N–H and O–H groups in total. The van der Waals surface area contributed by atoms with Gasteiger partial charge >= 0.3 is 7.25 Å². The molecule has 3 rings (SSSR count). The zero-order chi connectivity index (χ0) is 20.2. The minimum absolute atomic E-state index is 0.00383. The minimum atomic E-state index is -6.00. The normalized spacial score (nSPS) is 15.4. The second-order valence-corrected chi connectivity index (χ2v) is 6.66. The van der Waals surface area contributed by atoms with E-state index in [1.54, 1.807) is 7.11 Å². The lowest BCUT2D eigenvalue weighted by molar-refractivity contribution is -0.401. The predicted molar refractivity (Wildman–Crippen MR) is 103 cm³/mol. The Labute approximate surface area is 156 Å². The molecule has 0 atom stereocenters. The molecule has 0 saturated carbocycles. The molecule has 1 aliphatic rings. The van der Waals surface area contributed by atoms with E-state index in [0.29, 0.717) is 0 Å². The van der Waals surface area contributed by atoms with Crippen molar-refractivity contribution in [3.63, 3.8) is 0 Å². The second-order valence-electron chi connectivity index (χ2n) is 6.66. The van der Waals surface area contributed by atoms with Crippen LogP contribution in [0, 0.1) is 0 Å². The molecule has 0 amide bonds. The Morgan fingerprint density at radius 3 is 2.07 bits per heavy atom. The van der Waals surface area contributed by atoms with Crippen LogP contribution in [0.1, 0.15) is 25.0 Å². The van der Waals surface area contributed by atoms with Gasteiger partial charge in [0.05, 0.1) is 12.5 Å². The molecule has 144 valence electrons. The van der Waals surface area contributed by atoms with Crippen LogP contribution in [0.2, 0.25) is 0 Å². The zero-order valence-corrected chi connectivity index (χ0v) is 15.7. The SMILES string of the molecule is COc1ccccc1/C=C/C1=[N+](C)c2ccccc2C1(C)C.F[B-](F)(F)F. The van der Waals surface area contributed by atoms with Crippen molar-refractivity contribution in [3.8, 4) is 5.75 Å². The molecular weight excluding hydrogens is 357 g/mol. The van der Waals surface area contributed by atoms with Crippen LogP contribution >= 0.6 is 0 Å². The third-order valence-electron chi connectivity index (χ3n) is 4.50. The highest BCUT2D eigenvalue weighted by molar-refractivity contribution is 6.50. The van der Waals surface area contributed by atoms with E-state index in [9.17, 15) is 17.3 Å². The maximum atomic E-state index is 9.75. The van der Waals surface area contributed by atoms with E-state index >= 15 is 0 Å². The van der Waals surface area contributed by atoms with Crippen LogP contribution in [-0.4, -0.2) is 31.7 Å². The molecule has 0 aliphatic carbocycles. The Morgan fingerprint density at radius 1 is 0.926 bits per heavy atom. The largest absolute Gasteiger partial charge is 0.673 e. The number of fused-ring (bicyclic) bond motifs is 1. The molecule has 0 radical (unpaired) electrons. The maximum absolute atomic E-state index is 9.75. The molecule has 0 unspecified atom stereocenters. The zero-order valence-electron chi connectivity index (χ0n) is 15.7. The van der Waals surface area contributed by atoms with Crippen molar-refractivity contribution in [1.82, 2.24) is 0 Å². The van der Waals surface area contributed by atoms with Gasteiger partial charge in [-0.1, -0.05) is 36.4 Å². The lowest BCUT2D eigenvalue weighted by Gasteiger charge is -2.15. The van der Waals surface area contributed by atoms with Gasteiger partial charge in [-0.25, -0.2) is 0 Å². The lowest BCUT2D eigenvalue weighted by atomic mass is 9.81. The van der Waals surface area contributed by atoms with Crippen molar-refractivity contribution >= 4 is 24.7 Å². The number of benzene rings is 2. The summed E-state index contributed by atoms with van der Waals surface area (Å²) in [4.78, 5) is 0. The van der Waals surface area contributed by atoms with Gasteiger partial charge in [0.2, 0.25) is 5.69 Å². The summed E-state index contributed by atoms with van der Waals surface area (Å²) in [6.07, 6.45) is 4.34. The Balaban J connectivity index is 0.000000465. The summed E-state index contributed by atoms with van der Waals surface area (Å²) < 4.78 is 46.7. The summed E-state index contributed by atoms with van der Waals surface area (Å²) in [5, 5.41) is 0. The molecule has 2 aromatic rings. The molecule has 0 aromatic heterocycles. The summed E-state index contributed by atoms with van der Waals surface area (Å²) in [5.41, 5.74) is 5.05. The summed E-state index contributed by atoms with van der Waals surface area (Å²) in [5.74, 6) is 0.898. The summed E-state index contributed by atoms with van der Waals surface area (Å²) in [7, 11) is -2.16. The van der Waals surface area contributed by atoms with Crippen LogP contribution in [-0.2, 0) is 5.41 Å². The highest BCUT2D eigenvalue weighted by atomic mass is 19.5. The molecule has 1 heterocycles. The van der Waals surface area contributed by atoms with Gasteiger partial charge < -0.3 is 22.0 Å². The van der Waals surface area contributed by atoms with Crippen molar-refractivity contribution in [2.24, 2.45) is 0 Å². The van der Waals surface area contributed by atoms with E-state index in [0.717, 1.165) is 11.3 Å². The monoisotopic (exact) mass is 379 g/mol. The smallest absolute Gasteiger partial charge is 0.496 e. The molecule has 0 saturated heterocycles. The van der Waals surface area contributed by atoms with Gasteiger partial charge in [-0.05, 0) is 26.0 Å². The van der Waals surface area contributed by atoms with Gasteiger partial charge in [0, 0.05) is 23.3 Å². The molecule has 0 bridgehead atoms. The second kappa shape index (κ2) is 7.98. The van der Waals surface area contributed by atoms with Gasteiger partial charge in [0.25, 0.3) is 0 Å². The van der Waals surface area contributed by atoms with Gasteiger partial charge in [0.1, 0.15) is 12.8 Å². The number of ether oxygens (including phenoxy) is 1. The number of hydrogen-bond donors (Lipinski definition) is 0. The minimum Gasteiger partial charge on any atom is -0.496 e. The maximum Gasteiger partial charge on any atom is 0.673 e.